The van der Waals surface area contributed by atoms with Crippen LogP contribution >= 0.6 is 0 Å². The maximum Gasteiger partial charge on any atom is 0.0345 e. The highest BCUT2D eigenvalue weighted by Gasteiger charge is 2.17. The van der Waals surface area contributed by atoms with Crippen LogP contribution in [-0.2, 0) is 6.42 Å². The fourth-order valence-electron chi connectivity index (χ4n) is 2.55. The van der Waals surface area contributed by atoms with Crippen molar-refractivity contribution in [2.24, 2.45) is 0 Å². The molecule has 3 rings (SSSR count). The minimum absolute atomic E-state index is 0.891. The van der Waals surface area contributed by atoms with E-state index in [0.29, 0.717) is 0 Å². The van der Waals surface area contributed by atoms with Gasteiger partial charge in [-0.1, -0.05) is 42.5 Å². The minimum Gasteiger partial charge on any atom is -0.382 e. The lowest BCUT2D eigenvalue weighted by atomic mass is 10.1. The summed E-state index contributed by atoms with van der Waals surface area (Å²) in [7, 11) is 0. The molecule has 1 heteroatoms. The Kier molecular flexibility index (Phi) is 2.89. The molecule has 2 aromatic carbocycles. The molecule has 0 bridgehead atoms. The zero-order valence-electron chi connectivity index (χ0n) is 10.6. The van der Waals surface area contributed by atoms with Crippen molar-refractivity contribution in [2.75, 3.05) is 11.9 Å². The van der Waals surface area contributed by atoms with E-state index in [2.05, 4.69) is 59.9 Å². The second-order valence-corrected chi connectivity index (χ2v) is 4.66. The van der Waals surface area contributed by atoms with Crippen LogP contribution in [0, 0.1) is 0 Å². The number of hydrogen-bond acceptors (Lipinski definition) is 1. The number of nitrogens with one attached hydrogen (secondary N) is 1. The van der Waals surface area contributed by atoms with Gasteiger partial charge in [0.2, 0.25) is 0 Å². The zero-order chi connectivity index (χ0) is 12.4. The number of anilines is 1. The van der Waals surface area contributed by atoms with Gasteiger partial charge in [0.25, 0.3) is 0 Å². The van der Waals surface area contributed by atoms with Gasteiger partial charge >= 0.3 is 0 Å². The Morgan fingerprint density at radius 2 is 1.89 bits per heavy atom. The number of fused-ring (bicyclic) bond motifs is 3. The minimum atomic E-state index is 0.891. The lowest BCUT2D eigenvalue weighted by molar-refractivity contribution is 1.25. The van der Waals surface area contributed by atoms with Crippen LogP contribution in [-0.4, -0.2) is 6.54 Å². The topological polar surface area (TPSA) is 12.0 Å². The monoisotopic (exact) mass is 235 g/mol. The van der Waals surface area contributed by atoms with Crippen LogP contribution in [0.15, 0.2) is 54.6 Å². The van der Waals surface area contributed by atoms with Crippen molar-refractivity contribution < 1.29 is 0 Å². The lowest BCUT2D eigenvalue weighted by Gasteiger charge is -2.06. The summed E-state index contributed by atoms with van der Waals surface area (Å²) in [5.74, 6) is 0. The maximum atomic E-state index is 3.42. The standard InChI is InChI=1S/C17H17N/c1-2-3-10-18-15-8-9-17-14(12-15)11-13-6-4-5-7-16(13)17/h2-9,12,18H,10-11H2,1H3/b3-2+. The molecular weight excluding hydrogens is 218 g/mol. The van der Waals surface area contributed by atoms with E-state index in [0.717, 1.165) is 13.0 Å². The molecule has 0 aliphatic heterocycles. The third-order valence-corrected chi connectivity index (χ3v) is 3.45. The van der Waals surface area contributed by atoms with Crippen molar-refractivity contribution in [3.8, 4) is 11.1 Å². The van der Waals surface area contributed by atoms with Gasteiger partial charge in [0, 0.05) is 12.2 Å². The summed E-state index contributed by atoms with van der Waals surface area (Å²) >= 11 is 0. The van der Waals surface area contributed by atoms with Crippen LogP contribution in [0.4, 0.5) is 5.69 Å². The maximum absolute atomic E-state index is 3.42. The summed E-state index contributed by atoms with van der Waals surface area (Å²) in [6, 6.07) is 15.4. The largest absolute Gasteiger partial charge is 0.382 e. The van der Waals surface area contributed by atoms with E-state index in [1.54, 1.807) is 0 Å². The quantitative estimate of drug-likeness (QED) is 0.669. The van der Waals surface area contributed by atoms with Crippen molar-refractivity contribution in [2.45, 2.75) is 13.3 Å². The van der Waals surface area contributed by atoms with Gasteiger partial charge in [0.1, 0.15) is 0 Å². The summed E-state index contributed by atoms with van der Waals surface area (Å²) < 4.78 is 0. The Hall–Kier alpha value is -2.02. The summed E-state index contributed by atoms with van der Waals surface area (Å²) in [5.41, 5.74) is 6.87. The normalized spacial score (nSPS) is 12.5. The van der Waals surface area contributed by atoms with Gasteiger partial charge in [-0.3, -0.25) is 0 Å². The first-order valence-electron chi connectivity index (χ1n) is 6.44. The van der Waals surface area contributed by atoms with Crippen LogP contribution < -0.4 is 5.32 Å². The molecule has 0 fully saturated rings. The summed E-state index contributed by atoms with van der Waals surface area (Å²) in [6.07, 6.45) is 5.25. The second-order valence-electron chi connectivity index (χ2n) is 4.66. The average Bonchev–Trinajstić information content (AvgIpc) is 2.76. The van der Waals surface area contributed by atoms with Crippen molar-refractivity contribution in [1.82, 2.24) is 0 Å². The van der Waals surface area contributed by atoms with E-state index in [1.807, 2.05) is 6.92 Å². The molecule has 0 heterocycles. The highest BCUT2D eigenvalue weighted by molar-refractivity contribution is 5.78. The van der Waals surface area contributed by atoms with Crippen molar-refractivity contribution in [3.05, 3.63) is 65.7 Å². The number of allylic oxidation sites excluding steroid dienone is 1. The van der Waals surface area contributed by atoms with Gasteiger partial charge in [-0.2, -0.15) is 0 Å². The fraction of sp³-hybridized carbons (Fsp3) is 0.176. The molecule has 1 nitrogen and oxygen atoms in total. The number of benzene rings is 2. The summed E-state index contributed by atoms with van der Waals surface area (Å²) in [5, 5.41) is 3.42. The van der Waals surface area contributed by atoms with Crippen LogP contribution in [0.1, 0.15) is 18.1 Å². The van der Waals surface area contributed by atoms with E-state index in [9.17, 15) is 0 Å². The van der Waals surface area contributed by atoms with Crippen LogP contribution in [0.3, 0.4) is 0 Å². The van der Waals surface area contributed by atoms with Gasteiger partial charge < -0.3 is 5.32 Å². The Labute approximate surface area is 108 Å². The molecule has 90 valence electrons. The Bertz CT molecular complexity index is 596. The molecule has 0 spiro atoms. The van der Waals surface area contributed by atoms with Crippen LogP contribution in [0.2, 0.25) is 0 Å². The molecule has 18 heavy (non-hydrogen) atoms. The second kappa shape index (κ2) is 4.69. The Morgan fingerprint density at radius 3 is 2.78 bits per heavy atom. The Balaban J connectivity index is 1.89. The molecule has 0 amide bonds. The first kappa shape index (κ1) is 11.1. The third kappa shape index (κ3) is 1.92. The van der Waals surface area contributed by atoms with E-state index in [1.165, 1.54) is 27.9 Å². The molecular formula is C17H17N. The van der Waals surface area contributed by atoms with E-state index in [-0.39, 0.29) is 0 Å². The third-order valence-electron chi connectivity index (χ3n) is 3.45. The first-order chi connectivity index (χ1) is 8.88. The van der Waals surface area contributed by atoms with Crippen LogP contribution in [0.5, 0.6) is 0 Å². The molecule has 0 aromatic heterocycles. The summed E-state index contributed by atoms with van der Waals surface area (Å²) in [6.45, 7) is 2.93. The SMILES string of the molecule is C/C=C/CNc1ccc2c(c1)Cc1ccccc1-2. The van der Waals surface area contributed by atoms with Gasteiger partial charge in [-0.25, -0.2) is 0 Å². The highest BCUT2D eigenvalue weighted by atomic mass is 14.9. The first-order valence-corrected chi connectivity index (χ1v) is 6.44. The highest BCUT2D eigenvalue weighted by Crippen LogP contribution is 2.37. The van der Waals surface area contributed by atoms with E-state index < -0.39 is 0 Å². The smallest absolute Gasteiger partial charge is 0.0345 e. The molecule has 1 N–H and O–H groups in total. The average molecular weight is 235 g/mol. The molecule has 0 unspecified atom stereocenters. The number of rotatable bonds is 3. The summed E-state index contributed by atoms with van der Waals surface area (Å²) in [4.78, 5) is 0. The molecule has 2 aromatic rings. The van der Waals surface area contributed by atoms with E-state index in [4.69, 9.17) is 0 Å². The number of hydrogen-bond donors (Lipinski definition) is 1. The van der Waals surface area contributed by atoms with Gasteiger partial charge in [0.15, 0.2) is 0 Å². The molecule has 0 atom stereocenters. The van der Waals surface area contributed by atoms with E-state index >= 15 is 0 Å². The molecule has 0 saturated carbocycles. The van der Waals surface area contributed by atoms with Crippen LogP contribution in [0.25, 0.3) is 11.1 Å². The van der Waals surface area contributed by atoms with Crippen molar-refractivity contribution >= 4 is 5.69 Å². The van der Waals surface area contributed by atoms with Crippen molar-refractivity contribution in [3.63, 3.8) is 0 Å². The molecule has 1 aliphatic carbocycles. The molecule has 1 aliphatic rings. The predicted molar refractivity (Wildman–Crippen MR) is 78.0 cm³/mol. The predicted octanol–water partition coefficient (Wildman–Crippen LogP) is 4.25. The molecule has 0 radical (unpaired) electrons. The zero-order valence-corrected chi connectivity index (χ0v) is 10.6. The van der Waals surface area contributed by atoms with Gasteiger partial charge in [-0.05, 0) is 47.7 Å². The molecule has 0 saturated heterocycles. The van der Waals surface area contributed by atoms with Gasteiger partial charge in [0.05, 0.1) is 0 Å². The van der Waals surface area contributed by atoms with Gasteiger partial charge in [-0.15, -0.1) is 0 Å². The van der Waals surface area contributed by atoms with Crippen molar-refractivity contribution in [1.29, 1.82) is 0 Å². The Morgan fingerprint density at radius 1 is 1.06 bits per heavy atom. The fourth-order valence-corrected chi connectivity index (χ4v) is 2.55. The lowest BCUT2D eigenvalue weighted by Crippen LogP contribution is -1.98.